The first kappa shape index (κ1) is 17.8. The number of thioether (sulfide) groups is 1. The Bertz CT molecular complexity index is 428. The fourth-order valence-electron chi connectivity index (χ4n) is 2.40. The lowest BCUT2D eigenvalue weighted by atomic mass is 10.2. The van der Waals surface area contributed by atoms with E-state index in [0.717, 1.165) is 23.6 Å². The first-order valence-corrected chi connectivity index (χ1v) is 8.74. The monoisotopic (exact) mass is 335 g/mol. The van der Waals surface area contributed by atoms with Crippen molar-refractivity contribution in [3.63, 3.8) is 0 Å². The molecule has 4 nitrogen and oxygen atoms in total. The maximum atomic E-state index is 12.2. The molecule has 1 amide bonds. The van der Waals surface area contributed by atoms with Crippen LogP contribution in [0.4, 0.5) is 0 Å². The molecule has 0 aromatic carbocycles. The average Bonchev–Trinajstić information content (AvgIpc) is 3.01. The Morgan fingerprint density at radius 3 is 3.10 bits per heavy atom. The highest BCUT2D eigenvalue weighted by Gasteiger charge is 2.29. The van der Waals surface area contributed by atoms with Crippen LogP contribution in [-0.4, -0.2) is 34.5 Å². The van der Waals surface area contributed by atoms with Gasteiger partial charge in [0, 0.05) is 23.1 Å². The zero-order valence-electron chi connectivity index (χ0n) is 11.6. The number of nitrogens with two attached hydrogens (primary N) is 1. The Morgan fingerprint density at radius 1 is 1.60 bits per heavy atom. The van der Waals surface area contributed by atoms with E-state index >= 15 is 0 Å². The molecule has 20 heavy (non-hydrogen) atoms. The van der Waals surface area contributed by atoms with E-state index in [9.17, 15) is 4.79 Å². The largest absolute Gasteiger partial charge is 0.347 e. The molecule has 114 valence electrons. The lowest BCUT2D eigenvalue weighted by Gasteiger charge is -2.19. The van der Waals surface area contributed by atoms with Gasteiger partial charge in [-0.15, -0.1) is 23.7 Å². The van der Waals surface area contributed by atoms with Gasteiger partial charge in [0.1, 0.15) is 5.69 Å². The lowest BCUT2D eigenvalue weighted by molar-refractivity contribution is 0.0934. The number of thiazole rings is 1. The summed E-state index contributed by atoms with van der Waals surface area (Å²) in [6.07, 6.45) is 4.25. The van der Waals surface area contributed by atoms with Crippen LogP contribution in [0.3, 0.4) is 0 Å². The van der Waals surface area contributed by atoms with Crippen LogP contribution in [0.5, 0.6) is 0 Å². The first-order valence-electron chi connectivity index (χ1n) is 6.81. The zero-order valence-corrected chi connectivity index (χ0v) is 14.1. The molecule has 1 aliphatic carbocycles. The van der Waals surface area contributed by atoms with E-state index in [1.807, 2.05) is 17.1 Å². The second-order valence-corrected chi connectivity index (χ2v) is 7.13. The fourth-order valence-corrected chi connectivity index (χ4v) is 4.39. The van der Waals surface area contributed by atoms with Gasteiger partial charge in [0.05, 0.1) is 5.01 Å². The maximum absolute atomic E-state index is 12.2. The maximum Gasteiger partial charge on any atom is 0.271 e. The summed E-state index contributed by atoms with van der Waals surface area (Å²) in [6.45, 7) is 2.74. The van der Waals surface area contributed by atoms with E-state index in [4.69, 9.17) is 5.73 Å². The summed E-state index contributed by atoms with van der Waals surface area (Å²) in [4.78, 5) is 16.5. The molecule has 1 saturated carbocycles. The van der Waals surface area contributed by atoms with Crippen molar-refractivity contribution in [1.82, 2.24) is 10.3 Å². The number of nitrogens with one attached hydrogen (secondary N) is 1. The molecule has 1 aliphatic rings. The Labute approximate surface area is 134 Å². The number of carbonyl (C=O) groups is 1. The summed E-state index contributed by atoms with van der Waals surface area (Å²) in [7, 11) is 0. The molecule has 0 spiro atoms. The summed E-state index contributed by atoms with van der Waals surface area (Å²) in [6, 6.07) is 0.303. The van der Waals surface area contributed by atoms with Crippen molar-refractivity contribution in [1.29, 1.82) is 0 Å². The molecule has 1 heterocycles. The molecule has 0 radical (unpaired) electrons. The minimum absolute atomic E-state index is 0. The van der Waals surface area contributed by atoms with Crippen LogP contribution in [0, 0.1) is 0 Å². The molecular formula is C13H22ClN3OS2. The molecular weight excluding hydrogens is 314 g/mol. The van der Waals surface area contributed by atoms with E-state index in [1.165, 1.54) is 24.2 Å². The molecule has 3 N–H and O–H groups in total. The number of nitrogens with zero attached hydrogens (tertiary/aromatic N) is 1. The second kappa shape index (κ2) is 8.87. The molecule has 7 heteroatoms. The van der Waals surface area contributed by atoms with Gasteiger partial charge in [-0.25, -0.2) is 4.98 Å². The van der Waals surface area contributed by atoms with Crippen molar-refractivity contribution >= 4 is 41.4 Å². The summed E-state index contributed by atoms with van der Waals surface area (Å²) >= 11 is 3.46. The van der Waals surface area contributed by atoms with E-state index in [-0.39, 0.29) is 18.3 Å². The summed E-state index contributed by atoms with van der Waals surface area (Å²) in [5, 5.41) is 6.48. The standard InChI is InChI=1S/C13H21N3OS2.ClH/c1-2-18-11-5-3-4-9(11)16-13(17)10-8-19-12(15-10)6-7-14;/h8-9,11H,2-7,14H2,1H3,(H,16,17);1H. The van der Waals surface area contributed by atoms with Crippen LogP contribution < -0.4 is 11.1 Å². The van der Waals surface area contributed by atoms with E-state index < -0.39 is 0 Å². The zero-order chi connectivity index (χ0) is 13.7. The quantitative estimate of drug-likeness (QED) is 0.838. The van der Waals surface area contributed by atoms with Crippen LogP contribution >= 0.6 is 35.5 Å². The Kier molecular flexibility index (Phi) is 7.87. The number of amides is 1. The first-order chi connectivity index (χ1) is 9.24. The topological polar surface area (TPSA) is 68.0 Å². The molecule has 0 saturated heterocycles. The van der Waals surface area contributed by atoms with Crippen molar-refractivity contribution in [2.24, 2.45) is 5.73 Å². The fraction of sp³-hybridized carbons (Fsp3) is 0.692. The molecule has 1 aromatic rings. The van der Waals surface area contributed by atoms with Crippen LogP contribution in [0.25, 0.3) is 0 Å². The minimum Gasteiger partial charge on any atom is -0.347 e. The van der Waals surface area contributed by atoms with Crippen molar-refractivity contribution in [2.75, 3.05) is 12.3 Å². The highest BCUT2D eigenvalue weighted by Crippen LogP contribution is 2.30. The number of rotatable bonds is 6. The molecule has 0 bridgehead atoms. The number of carbonyl (C=O) groups excluding carboxylic acids is 1. The van der Waals surface area contributed by atoms with Gasteiger partial charge < -0.3 is 11.1 Å². The molecule has 0 aliphatic heterocycles. The molecule has 2 unspecified atom stereocenters. The van der Waals surface area contributed by atoms with Gasteiger partial charge in [0.25, 0.3) is 5.91 Å². The van der Waals surface area contributed by atoms with Crippen molar-refractivity contribution in [2.45, 2.75) is 43.9 Å². The average molecular weight is 336 g/mol. The summed E-state index contributed by atoms with van der Waals surface area (Å²) in [5.41, 5.74) is 6.04. The van der Waals surface area contributed by atoms with Gasteiger partial charge in [0.2, 0.25) is 0 Å². The van der Waals surface area contributed by atoms with Gasteiger partial charge in [-0.3, -0.25) is 4.79 Å². The van der Waals surface area contributed by atoms with Crippen LogP contribution in [0.1, 0.15) is 41.7 Å². The second-order valence-electron chi connectivity index (χ2n) is 4.67. The van der Waals surface area contributed by atoms with E-state index in [1.54, 1.807) is 0 Å². The van der Waals surface area contributed by atoms with Gasteiger partial charge in [-0.1, -0.05) is 13.3 Å². The summed E-state index contributed by atoms with van der Waals surface area (Å²) < 4.78 is 0. The van der Waals surface area contributed by atoms with Gasteiger partial charge in [-0.05, 0) is 25.1 Å². The predicted molar refractivity (Wildman–Crippen MR) is 89.1 cm³/mol. The van der Waals surface area contributed by atoms with Crippen molar-refractivity contribution in [3.05, 3.63) is 16.1 Å². The minimum atomic E-state index is -0.0341. The third kappa shape index (κ3) is 4.62. The molecule has 1 fully saturated rings. The molecule has 2 atom stereocenters. The normalized spacial score (nSPS) is 21.5. The highest BCUT2D eigenvalue weighted by molar-refractivity contribution is 7.99. The van der Waals surface area contributed by atoms with E-state index in [0.29, 0.717) is 23.5 Å². The predicted octanol–water partition coefficient (Wildman–Crippen LogP) is 2.47. The molecule has 2 rings (SSSR count). The lowest BCUT2D eigenvalue weighted by Crippen LogP contribution is -2.39. The molecule has 1 aromatic heterocycles. The summed E-state index contributed by atoms with van der Waals surface area (Å²) in [5.74, 6) is 1.07. The number of halogens is 1. The Balaban J connectivity index is 0.00000200. The van der Waals surface area contributed by atoms with Crippen LogP contribution in [-0.2, 0) is 6.42 Å². The Hall–Kier alpha value is -0.300. The highest BCUT2D eigenvalue weighted by atomic mass is 35.5. The number of aromatic nitrogens is 1. The van der Waals surface area contributed by atoms with Crippen LogP contribution in [0.2, 0.25) is 0 Å². The third-order valence-corrected chi connectivity index (χ3v) is 5.53. The smallest absolute Gasteiger partial charge is 0.271 e. The number of hydrogen-bond donors (Lipinski definition) is 2. The SMILES string of the molecule is CCSC1CCCC1NC(=O)c1csc(CCN)n1.Cl. The number of hydrogen-bond acceptors (Lipinski definition) is 5. The van der Waals surface area contributed by atoms with Crippen molar-refractivity contribution < 1.29 is 4.79 Å². The van der Waals surface area contributed by atoms with Gasteiger partial charge in [0.15, 0.2) is 0 Å². The van der Waals surface area contributed by atoms with Crippen molar-refractivity contribution in [3.8, 4) is 0 Å². The van der Waals surface area contributed by atoms with Crippen LogP contribution in [0.15, 0.2) is 5.38 Å². The van der Waals surface area contributed by atoms with Gasteiger partial charge in [-0.2, -0.15) is 11.8 Å². The van der Waals surface area contributed by atoms with Gasteiger partial charge >= 0.3 is 0 Å². The van der Waals surface area contributed by atoms with E-state index in [2.05, 4.69) is 17.2 Å². The Morgan fingerprint density at radius 2 is 2.40 bits per heavy atom. The third-order valence-electron chi connectivity index (χ3n) is 3.29.